The Labute approximate surface area is 106 Å². The average Bonchev–Trinajstić information content (AvgIpc) is 2.15. The van der Waals surface area contributed by atoms with Crippen LogP contribution in [0.1, 0.15) is 27.2 Å². The number of hydrogen-bond acceptors (Lipinski definition) is 4. The third-order valence-corrected chi connectivity index (χ3v) is 6.10. The van der Waals surface area contributed by atoms with E-state index in [0.29, 0.717) is 18.5 Å². The van der Waals surface area contributed by atoms with Crippen LogP contribution in [0.25, 0.3) is 0 Å². The van der Waals surface area contributed by atoms with Gasteiger partial charge in [0, 0.05) is 25.4 Å². The summed E-state index contributed by atoms with van der Waals surface area (Å²) in [5.41, 5.74) is 0. The number of nitrogens with one attached hydrogen (secondary N) is 1. The van der Waals surface area contributed by atoms with Gasteiger partial charge in [0.1, 0.15) is 0 Å². The lowest BCUT2D eigenvalue weighted by Gasteiger charge is -2.40. The fraction of sp³-hybridized carbons (Fsp3) is 1.00. The van der Waals surface area contributed by atoms with Gasteiger partial charge in [-0.15, -0.1) is 0 Å². The van der Waals surface area contributed by atoms with Crippen molar-refractivity contribution < 1.29 is 8.42 Å². The van der Waals surface area contributed by atoms with E-state index in [0.717, 1.165) is 19.5 Å². The predicted molar refractivity (Wildman–Crippen MR) is 72.0 cm³/mol. The van der Waals surface area contributed by atoms with Crippen molar-refractivity contribution in [1.82, 2.24) is 10.2 Å². The molecule has 1 rings (SSSR count). The first kappa shape index (κ1) is 14.9. The second kappa shape index (κ2) is 5.24. The van der Waals surface area contributed by atoms with Crippen molar-refractivity contribution in [3.63, 3.8) is 0 Å². The summed E-state index contributed by atoms with van der Waals surface area (Å²) < 4.78 is 22.7. The van der Waals surface area contributed by atoms with E-state index in [4.69, 9.17) is 0 Å². The van der Waals surface area contributed by atoms with Crippen LogP contribution < -0.4 is 5.32 Å². The van der Waals surface area contributed by atoms with E-state index < -0.39 is 14.6 Å². The number of rotatable bonds is 4. The normalized spacial score (nSPS) is 28.3. The van der Waals surface area contributed by atoms with Gasteiger partial charge in [0.15, 0.2) is 9.84 Å². The van der Waals surface area contributed by atoms with Crippen LogP contribution in [0.5, 0.6) is 0 Å². The minimum atomic E-state index is -3.00. The summed E-state index contributed by atoms with van der Waals surface area (Å²) in [5, 5.41) is 3.32. The lowest BCUT2D eigenvalue weighted by molar-refractivity contribution is 0.142. The molecule has 0 spiro atoms. The smallest absolute Gasteiger partial charge is 0.153 e. The minimum Gasteiger partial charge on any atom is -0.317 e. The molecule has 4 nitrogen and oxygen atoms in total. The zero-order chi connectivity index (χ0) is 13.3. The monoisotopic (exact) mass is 262 g/mol. The van der Waals surface area contributed by atoms with Gasteiger partial charge in [-0.1, -0.05) is 6.92 Å². The number of piperidine rings is 1. The zero-order valence-electron chi connectivity index (χ0n) is 11.7. The second-order valence-corrected chi connectivity index (χ2v) is 8.58. The summed E-state index contributed by atoms with van der Waals surface area (Å²) in [7, 11) is -0.998. The van der Waals surface area contributed by atoms with Gasteiger partial charge in [-0.3, -0.25) is 0 Å². The van der Waals surface area contributed by atoms with Crippen LogP contribution in [-0.2, 0) is 9.84 Å². The molecule has 0 aromatic heterocycles. The molecule has 0 aromatic rings. The third-order valence-electron chi connectivity index (χ3n) is 3.97. The molecule has 1 aliphatic rings. The van der Waals surface area contributed by atoms with Crippen LogP contribution in [0.4, 0.5) is 0 Å². The van der Waals surface area contributed by atoms with E-state index >= 15 is 0 Å². The summed E-state index contributed by atoms with van der Waals surface area (Å²) in [4.78, 5) is 2.28. The summed E-state index contributed by atoms with van der Waals surface area (Å²) in [6, 6.07) is 0.563. The van der Waals surface area contributed by atoms with Crippen LogP contribution in [-0.4, -0.2) is 57.0 Å². The molecular weight excluding hydrogens is 236 g/mol. The summed E-state index contributed by atoms with van der Waals surface area (Å²) in [6.07, 6.45) is 2.42. The Kier molecular flexibility index (Phi) is 4.60. The van der Waals surface area contributed by atoms with E-state index in [-0.39, 0.29) is 0 Å². The first-order valence-corrected chi connectivity index (χ1v) is 8.16. The largest absolute Gasteiger partial charge is 0.317 e. The number of nitrogens with zero attached hydrogens (tertiary/aromatic N) is 1. The molecule has 0 bridgehead atoms. The van der Waals surface area contributed by atoms with E-state index in [1.54, 1.807) is 0 Å². The molecule has 0 aromatic carbocycles. The third kappa shape index (κ3) is 3.66. The van der Waals surface area contributed by atoms with Crippen molar-refractivity contribution in [1.29, 1.82) is 0 Å². The van der Waals surface area contributed by atoms with Gasteiger partial charge in [0.25, 0.3) is 0 Å². The Bertz CT molecular complexity index is 352. The minimum absolute atomic E-state index is 0.563. The molecule has 0 amide bonds. The Balaban J connectivity index is 2.61. The van der Waals surface area contributed by atoms with Gasteiger partial charge in [-0.25, -0.2) is 8.42 Å². The molecule has 1 heterocycles. The van der Waals surface area contributed by atoms with Crippen LogP contribution in [0.15, 0.2) is 0 Å². The summed E-state index contributed by atoms with van der Waals surface area (Å²) in [5.74, 6) is 0.573. The molecular formula is C12H26N2O2S. The molecule has 0 saturated carbocycles. The van der Waals surface area contributed by atoms with E-state index in [9.17, 15) is 8.42 Å². The molecule has 2 atom stereocenters. The standard InChI is InChI=1S/C12H26N2O2S/c1-10-8-14(7-6-11(10)13-4)9-12(2,3)17(5,15)16/h10-11,13H,6-9H2,1-5H3. The number of hydrogen-bond donors (Lipinski definition) is 1. The molecule has 1 aliphatic heterocycles. The van der Waals surface area contributed by atoms with Crippen molar-refractivity contribution >= 4 is 9.84 Å². The zero-order valence-corrected chi connectivity index (χ0v) is 12.5. The number of sulfone groups is 1. The Hall–Kier alpha value is -0.130. The molecule has 1 fully saturated rings. The highest BCUT2D eigenvalue weighted by atomic mass is 32.2. The van der Waals surface area contributed by atoms with Crippen LogP contribution in [0, 0.1) is 5.92 Å². The Morgan fingerprint density at radius 2 is 2.00 bits per heavy atom. The highest BCUT2D eigenvalue weighted by Crippen LogP contribution is 2.22. The lowest BCUT2D eigenvalue weighted by atomic mass is 9.93. The number of likely N-dealkylation sites (tertiary alicyclic amines) is 1. The van der Waals surface area contributed by atoms with Gasteiger partial charge in [0.2, 0.25) is 0 Å². The van der Waals surface area contributed by atoms with Crippen molar-refractivity contribution in [2.75, 3.05) is 32.9 Å². The van der Waals surface area contributed by atoms with Crippen molar-refractivity contribution in [3.05, 3.63) is 0 Å². The van der Waals surface area contributed by atoms with Gasteiger partial charge in [-0.05, 0) is 39.8 Å². The van der Waals surface area contributed by atoms with E-state index in [2.05, 4.69) is 17.1 Å². The maximum atomic E-state index is 11.7. The fourth-order valence-corrected chi connectivity index (χ4v) is 2.88. The molecule has 2 unspecified atom stereocenters. The van der Waals surface area contributed by atoms with Gasteiger partial charge in [0.05, 0.1) is 4.75 Å². The second-order valence-electron chi connectivity index (χ2n) is 5.93. The summed E-state index contributed by atoms with van der Waals surface area (Å²) in [6.45, 7) is 8.45. The molecule has 0 aliphatic carbocycles. The van der Waals surface area contributed by atoms with Gasteiger partial charge in [-0.2, -0.15) is 0 Å². The van der Waals surface area contributed by atoms with Crippen LogP contribution >= 0.6 is 0 Å². The first-order chi connectivity index (χ1) is 7.67. The lowest BCUT2D eigenvalue weighted by Crippen LogP contribution is -2.52. The van der Waals surface area contributed by atoms with Gasteiger partial charge >= 0.3 is 0 Å². The Morgan fingerprint density at radius 1 is 1.41 bits per heavy atom. The first-order valence-electron chi connectivity index (χ1n) is 6.26. The maximum Gasteiger partial charge on any atom is 0.153 e. The van der Waals surface area contributed by atoms with Crippen molar-refractivity contribution in [3.8, 4) is 0 Å². The molecule has 102 valence electrons. The maximum absolute atomic E-state index is 11.7. The van der Waals surface area contributed by atoms with Gasteiger partial charge < -0.3 is 10.2 Å². The molecule has 17 heavy (non-hydrogen) atoms. The topological polar surface area (TPSA) is 49.4 Å². The van der Waals surface area contributed by atoms with Crippen molar-refractivity contribution in [2.24, 2.45) is 5.92 Å². The van der Waals surface area contributed by atoms with Crippen LogP contribution in [0.2, 0.25) is 0 Å². The fourth-order valence-electron chi connectivity index (χ4n) is 2.46. The molecule has 1 N–H and O–H groups in total. The van der Waals surface area contributed by atoms with E-state index in [1.807, 2.05) is 20.9 Å². The Morgan fingerprint density at radius 3 is 2.41 bits per heavy atom. The van der Waals surface area contributed by atoms with Crippen molar-refractivity contribution in [2.45, 2.75) is 38.0 Å². The molecule has 1 saturated heterocycles. The highest BCUT2D eigenvalue weighted by molar-refractivity contribution is 7.92. The molecule has 0 radical (unpaired) electrons. The van der Waals surface area contributed by atoms with Crippen LogP contribution in [0.3, 0.4) is 0 Å². The highest BCUT2D eigenvalue weighted by Gasteiger charge is 2.34. The summed E-state index contributed by atoms with van der Waals surface area (Å²) >= 11 is 0. The SMILES string of the molecule is CNC1CCN(CC(C)(C)S(C)(=O)=O)CC1C. The predicted octanol–water partition coefficient (Wildman–Crippen LogP) is 0.739. The quantitative estimate of drug-likeness (QED) is 0.812. The van der Waals surface area contributed by atoms with E-state index in [1.165, 1.54) is 6.26 Å². The molecule has 5 heteroatoms. The average molecular weight is 262 g/mol.